The van der Waals surface area contributed by atoms with Crippen LogP contribution in [-0.2, 0) is 22.4 Å². The molecule has 0 radical (unpaired) electrons. The molecule has 1 aliphatic rings. The van der Waals surface area contributed by atoms with Gasteiger partial charge in [-0.3, -0.25) is 4.79 Å². The Morgan fingerprint density at radius 3 is 3.20 bits per heavy atom. The minimum atomic E-state index is -0.185. The zero-order valence-electron chi connectivity index (χ0n) is 8.79. The van der Waals surface area contributed by atoms with Gasteiger partial charge in [0.1, 0.15) is 5.75 Å². The molecule has 80 valence electrons. The van der Waals surface area contributed by atoms with Crippen LogP contribution in [0.3, 0.4) is 0 Å². The minimum Gasteiger partial charge on any atom is -0.493 e. The van der Waals surface area contributed by atoms with Gasteiger partial charge in [0.25, 0.3) is 0 Å². The Morgan fingerprint density at radius 2 is 2.40 bits per heavy atom. The quantitative estimate of drug-likeness (QED) is 0.706. The van der Waals surface area contributed by atoms with Crippen LogP contribution in [0.1, 0.15) is 18.1 Å². The molecule has 0 saturated carbocycles. The van der Waals surface area contributed by atoms with Gasteiger partial charge in [0.2, 0.25) is 0 Å². The molecule has 1 aromatic rings. The van der Waals surface area contributed by atoms with Gasteiger partial charge in [0.15, 0.2) is 0 Å². The Kier molecular flexibility index (Phi) is 2.90. The van der Waals surface area contributed by atoms with Gasteiger partial charge in [-0.15, -0.1) is 0 Å². The van der Waals surface area contributed by atoms with Crippen molar-refractivity contribution in [1.82, 2.24) is 0 Å². The molecule has 1 aromatic carbocycles. The molecule has 3 heteroatoms. The maximum absolute atomic E-state index is 11.2. The number of hydrogen-bond donors (Lipinski definition) is 0. The third-order valence-electron chi connectivity index (χ3n) is 2.41. The van der Waals surface area contributed by atoms with Crippen LogP contribution >= 0.6 is 0 Å². The van der Waals surface area contributed by atoms with Gasteiger partial charge in [0, 0.05) is 6.42 Å². The molecule has 1 aliphatic heterocycles. The number of carbonyl (C=O) groups is 1. The van der Waals surface area contributed by atoms with Crippen molar-refractivity contribution in [2.45, 2.75) is 19.8 Å². The minimum absolute atomic E-state index is 0.185. The molecule has 2 rings (SSSR count). The van der Waals surface area contributed by atoms with Crippen molar-refractivity contribution in [2.75, 3.05) is 13.2 Å². The van der Waals surface area contributed by atoms with Crippen LogP contribution in [0, 0.1) is 0 Å². The smallest absolute Gasteiger partial charge is 0.310 e. The number of fused-ring (bicyclic) bond motifs is 1. The van der Waals surface area contributed by atoms with E-state index in [1.54, 1.807) is 0 Å². The Hall–Kier alpha value is -1.51. The Labute approximate surface area is 89.0 Å². The van der Waals surface area contributed by atoms with Crippen LogP contribution in [0.5, 0.6) is 5.75 Å². The van der Waals surface area contributed by atoms with Crippen LogP contribution in [0.15, 0.2) is 18.2 Å². The highest BCUT2D eigenvalue weighted by Gasteiger charge is 2.13. The number of benzene rings is 1. The molecule has 0 spiro atoms. The first-order chi connectivity index (χ1) is 7.29. The van der Waals surface area contributed by atoms with E-state index in [4.69, 9.17) is 9.47 Å². The third kappa shape index (κ3) is 2.29. The molecular weight excluding hydrogens is 192 g/mol. The van der Waals surface area contributed by atoms with Crippen molar-refractivity contribution >= 4 is 5.97 Å². The summed E-state index contributed by atoms with van der Waals surface area (Å²) in [7, 11) is 0. The fraction of sp³-hybridized carbons (Fsp3) is 0.417. The van der Waals surface area contributed by atoms with Crippen molar-refractivity contribution < 1.29 is 14.3 Å². The van der Waals surface area contributed by atoms with E-state index in [1.165, 1.54) is 5.56 Å². The van der Waals surface area contributed by atoms with E-state index in [-0.39, 0.29) is 5.97 Å². The average molecular weight is 206 g/mol. The Bertz CT molecular complexity index is 371. The van der Waals surface area contributed by atoms with Crippen molar-refractivity contribution in [3.63, 3.8) is 0 Å². The first-order valence-corrected chi connectivity index (χ1v) is 5.20. The van der Waals surface area contributed by atoms with Crippen LogP contribution < -0.4 is 4.74 Å². The van der Waals surface area contributed by atoms with Gasteiger partial charge in [0.05, 0.1) is 19.6 Å². The first kappa shape index (κ1) is 10.0. The summed E-state index contributed by atoms with van der Waals surface area (Å²) >= 11 is 0. The third-order valence-corrected chi connectivity index (χ3v) is 2.41. The van der Waals surface area contributed by atoms with Gasteiger partial charge >= 0.3 is 5.97 Å². The summed E-state index contributed by atoms with van der Waals surface area (Å²) < 4.78 is 10.3. The molecule has 0 fully saturated rings. The second-order valence-corrected chi connectivity index (χ2v) is 3.52. The number of carbonyl (C=O) groups excluding carboxylic acids is 1. The predicted octanol–water partition coefficient (Wildman–Crippen LogP) is 1.73. The van der Waals surface area contributed by atoms with Crippen LogP contribution in [-0.4, -0.2) is 19.2 Å². The van der Waals surface area contributed by atoms with E-state index in [2.05, 4.69) is 0 Å². The second kappa shape index (κ2) is 4.34. The maximum atomic E-state index is 11.2. The summed E-state index contributed by atoms with van der Waals surface area (Å²) in [5, 5.41) is 0. The summed E-state index contributed by atoms with van der Waals surface area (Å²) in [5.41, 5.74) is 2.18. The second-order valence-electron chi connectivity index (χ2n) is 3.52. The van der Waals surface area contributed by atoms with E-state index in [0.717, 1.165) is 24.3 Å². The van der Waals surface area contributed by atoms with Gasteiger partial charge < -0.3 is 9.47 Å². The summed E-state index contributed by atoms with van der Waals surface area (Å²) in [4.78, 5) is 11.2. The SMILES string of the molecule is CCOC(=O)Cc1ccc2c(c1)OCC2. The van der Waals surface area contributed by atoms with E-state index >= 15 is 0 Å². The maximum Gasteiger partial charge on any atom is 0.310 e. The van der Waals surface area contributed by atoms with Gasteiger partial charge in [-0.2, -0.15) is 0 Å². The fourth-order valence-corrected chi connectivity index (χ4v) is 1.70. The number of rotatable bonds is 3. The number of esters is 1. The summed E-state index contributed by atoms with van der Waals surface area (Å²) in [6, 6.07) is 5.92. The largest absolute Gasteiger partial charge is 0.493 e. The standard InChI is InChI=1S/C12H14O3/c1-2-14-12(13)8-9-3-4-10-5-6-15-11(10)7-9/h3-4,7H,2,5-6,8H2,1H3. The highest BCUT2D eigenvalue weighted by Crippen LogP contribution is 2.26. The monoisotopic (exact) mass is 206 g/mol. The summed E-state index contributed by atoms with van der Waals surface area (Å²) in [5.74, 6) is 0.729. The van der Waals surface area contributed by atoms with Crippen molar-refractivity contribution in [2.24, 2.45) is 0 Å². The van der Waals surface area contributed by atoms with E-state index < -0.39 is 0 Å². The zero-order chi connectivity index (χ0) is 10.7. The summed E-state index contributed by atoms with van der Waals surface area (Å²) in [6.45, 7) is 2.99. The normalized spacial score (nSPS) is 13.1. The van der Waals surface area contributed by atoms with Crippen LogP contribution in [0.2, 0.25) is 0 Å². The van der Waals surface area contributed by atoms with Crippen LogP contribution in [0.4, 0.5) is 0 Å². The zero-order valence-corrected chi connectivity index (χ0v) is 8.79. The molecular formula is C12H14O3. The molecule has 15 heavy (non-hydrogen) atoms. The van der Waals surface area contributed by atoms with Gasteiger partial charge in [-0.05, 0) is 24.1 Å². The first-order valence-electron chi connectivity index (χ1n) is 5.20. The van der Waals surface area contributed by atoms with Gasteiger partial charge in [-0.25, -0.2) is 0 Å². The lowest BCUT2D eigenvalue weighted by atomic mass is 10.1. The Morgan fingerprint density at radius 1 is 1.53 bits per heavy atom. The molecule has 0 bridgehead atoms. The number of hydrogen-bond acceptors (Lipinski definition) is 3. The van der Waals surface area contributed by atoms with Crippen molar-refractivity contribution in [1.29, 1.82) is 0 Å². The van der Waals surface area contributed by atoms with E-state index in [9.17, 15) is 4.79 Å². The molecule has 1 heterocycles. The van der Waals surface area contributed by atoms with Crippen molar-refractivity contribution in [3.05, 3.63) is 29.3 Å². The van der Waals surface area contributed by atoms with Crippen molar-refractivity contribution in [3.8, 4) is 5.75 Å². The lowest BCUT2D eigenvalue weighted by Gasteiger charge is -2.04. The van der Waals surface area contributed by atoms with Gasteiger partial charge in [-0.1, -0.05) is 12.1 Å². The predicted molar refractivity (Wildman–Crippen MR) is 56.0 cm³/mol. The molecule has 0 aliphatic carbocycles. The molecule has 0 N–H and O–H groups in total. The fourth-order valence-electron chi connectivity index (χ4n) is 1.70. The van der Waals surface area contributed by atoms with Crippen LogP contribution in [0.25, 0.3) is 0 Å². The van der Waals surface area contributed by atoms with E-state index in [0.29, 0.717) is 13.0 Å². The molecule has 0 saturated heterocycles. The summed E-state index contributed by atoms with van der Waals surface area (Å²) in [6.07, 6.45) is 1.29. The topological polar surface area (TPSA) is 35.5 Å². The molecule has 0 unspecified atom stereocenters. The Balaban J connectivity index is 2.06. The number of ether oxygens (including phenoxy) is 2. The van der Waals surface area contributed by atoms with E-state index in [1.807, 2.05) is 25.1 Å². The highest BCUT2D eigenvalue weighted by atomic mass is 16.5. The highest BCUT2D eigenvalue weighted by molar-refractivity contribution is 5.72. The molecule has 0 atom stereocenters. The molecule has 0 amide bonds. The lowest BCUT2D eigenvalue weighted by molar-refractivity contribution is -0.142. The average Bonchev–Trinajstić information content (AvgIpc) is 2.65. The lowest BCUT2D eigenvalue weighted by Crippen LogP contribution is -2.07. The molecule has 0 aromatic heterocycles. The molecule has 3 nitrogen and oxygen atoms in total.